The van der Waals surface area contributed by atoms with E-state index in [9.17, 15) is 0 Å². The van der Waals surface area contributed by atoms with Crippen LogP contribution in [0.4, 0.5) is 0 Å². The molecule has 2 nitrogen and oxygen atoms in total. The molecular formula is C16H34N2. The van der Waals surface area contributed by atoms with Crippen molar-refractivity contribution in [1.82, 2.24) is 5.32 Å². The maximum absolute atomic E-state index is 5.95. The van der Waals surface area contributed by atoms with Gasteiger partial charge in [-0.05, 0) is 51.2 Å². The number of hydrogen-bond acceptors (Lipinski definition) is 2. The smallest absolute Gasteiger partial charge is 0.00234 e. The fourth-order valence-corrected chi connectivity index (χ4v) is 3.32. The van der Waals surface area contributed by atoms with Crippen molar-refractivity contribution in [2.24, 2.45) is 17.6 Å². The Kier molecular flexibility index (Phi) is 9.59. The average Bonchev–Trinajstić information content (AvgIpc) is 2.40. The number of hydrogen-bond donors (Lipinski definition) is 2. The van der Waals surface area contributed by atoms with Gasteiger partial charge in [0.2, 0.25) is 0 Å². The third-order valence-electron chi connectivity index (χ3n) is 4.47. The topological polar surface area (TPSA) is 38.0 Å². The van der Waals surface area contributed by atoms with Gasteiger partial charge in [-0.25, -0.2) is 0 Å². The van der Waals surface area contributed by atoms with Gasteiger partial charge in [0.25, 0.3) is 0 Å². The van der Waals surface area contributed by atoms with E-state index in [2.05, 4.69) is 12.4 Å². The lowest BCUT2D eigenvalue weighted by Crippen LogP contribution is -2.25. The van der Waals surface area contributed by atoms with Gasteiger partial charge in [-0.3, -0.25) is 0 Å². The monoisotopic (exact) mass is 254 g/mol. The predicted molar refractivity (Wildman–Crippen MR) is 80.7 cm³/mol. The summed E-state index contributed by atoms with van der Waals surface area (Å²) in [6.45, 7) is 2.07. The van der Waals surface area contributed by atoms with E-state index in [1.165, 1.54) is 77.2 Å². The summed E-state index contributed by atoms with van der Waals surface area (Å²) >= 11 is 0. The molecule has 0 heterocycles. The summed E-state index contributed by atoms with van der Waals surface area (Å²) in [6, 6.07) is 0. The molecule has 2 atom stereocenters. The molecule has 108 valence electrons. The first-order valence-electron chi connectivity index (χ1n) is 8.21. The summed E-state index contributed by atoms with van der Waals surface area (Å²) in [5.74, 6) is 1.62. The molecule has 0 aliphatic heterocycles. The van der Waals surface area contributed by atoms with Crippen LogP contribution in [0.1, 0.15) is 70.6 Å². The Bertz CT molecular complexity index is 182. The van der Waals surface area contributed by atoms with Crippen molar-refractivity contribution in [2.45, 2.75) is 70.6 Å². The Morgan fingerprint density at radius 2 is 1.33 bits per heavy atom. The van der Waals surface area contributed by atoms with Gasteiger partial charge in [0.1, 0.15) is 0 Å². The Morgan fingerprint density at radius 1 is 0.833 bits per heavy atom. The lowest BCUT2D eigenvalue weighted by molar-refractivity contribution is 0.322. The molecule has 0 radical (unpaired) electrons. The minimum Gasteiger partial charge on any atom is -0.330 e. The first-order valence-corrected chi connectivity index (χ1v) is 8.21. The average molecular weight is 254 g/mol. The molecule has 18 heavy (non-hydrogen) atoms. The van der Waals surface area contributed by atoms with E-state index in [0.29, 0.717) is 0 Å². The van der Waals surface area contributed by atoms with Crippen molar-refractivity contribution < 1.29 is 0 Å². The molecule has 0 aromatic heterocycles. The van der Waals surface area contributed by atoms with Crippen molar-refractivity contribution in [2.75, 3.05) is 20.1 Å². The Labute approximate surface area is 114 Å². The second-order valence-electron chi connectivity index (χ2n) is 6.17. The van der Waals surface area contributed by atoms with E-state index < -0.39 is 0 Å². The molecule has 1 aliphatic rings. The molecule has 2 heteroatoms. The molecule has 0 saturated heterocycles. The van der Waals surface area contributed by atoms with Gasteiger partial charge in [0.15, 0.2) is 0 Å². The molecule has 1 fully saturated rings. The van der Waals surface area contributed by atoms with Gasteiger partial charge in [-0.15, -0.1) is 0 Å². The van der Waals surface area contributed by atoms with E-state index in [0.717, 1.165) is 18.4 Å². The van der Waals surface area contributed by atoms with Gasteiger partial charge >= 0.3 is 0 Å². The van der Waals surface area contributed by atoms with E-state index in [4.69, 9.17) is 5.73 Å². The summed E-state index contributed by atoms with van der Waals surface area (Å²) in [6.07, 6.45) is 15.6. The molecule has 1 saturated carbocycles. The van der Waals surface area contributed by atoms with Crippen molar-refractivity contribution in [1.29, 1.82) is 0 Å². The SMILES string of the molecule is CNCC1CCCCCCCCCCC(CN)C1. The van der Waals surface area contributed by atoms with Gasteiger partial charge in [0.05, 0.1) is 0 Å². The van der Waals surface area contributed by atoms with Crippen LogP contribution in [0.3, 0.4) is 0 Å². The molecule has 1 rings (SSSR count). The summed E-state index contributed by atoms with van der Waals surface area (Å²) in [5.41, 5.74) is 5.95. The fourth-order valence-electron chi connectivity index (χ4n) is 3.32. The second kappa shape index (κ2) is 10.8. The summed E-state index contributed by atoms with van der Waals surface area (Å²) in [7, 11) is 2.08. The highest BCUT2D eigenvalue weighted by molar-refractivity contribution is 4.70. The van der Waals surface area contributed by atoms with Gasteiger partial charge in [-0.2, -0.15) is 0 Å². The number of nitrogens with two attached hydrogens (primary N) is 1. The Morgan fingerprint density at radius 3 is 1.83 bits per heavy atom. The number of nitrogens with one attached hydrogen (secondary N) is 1. The van der Waals surface area contributed by atoms with Gasteiger partial charge < -0.3 is 11.1 Å². The molecule has 0 bridgehead atoms. The van der Waals surface area contributed by atoms with Gasteiger partial charge in [0, 0.05) is 0 Å². The van der Waals surface area contributed by atoms with E-state index in [-0.39, 0.29) is 0 Å². The van der Waals surface area contributed by atoms with E-state index >= 15 is 0 Å². The first kappa shape index (κ1) is 16.0. The Hall–Kier alpha value is -0.0800. The van der Waals surface area contributed by atoms with Gasteiger partial charge in [-0.1, -0.05) is 51.4 Å². The zero-order valence-corrected chi connectivity index (χ0v) is 12.4. The largest absolute Gasteiger partial charge is 0.330 e. The molecule has 0 spiro atoms. The quantitative estimate of drug-likeness (QED) is 0.806. The second-order valence-corrected chi connectivity index (χ2v) is 6.17. The van der Waals surface area contributed by atoms with E-state index in [1.54, 1.807) is 0 Å². The lowest BCUT2D eigenvalue weighted by Gasteiger charge is -2.22. The third kappa shape index (κ3) is 7.38. The zero-order valence-electron chi connectivity index (χ0n) is 12.4. The maximum Gasteiger partial charge on any atom is -0.00234 e. The normalized spacial score (nSPS) is 29.0. The first-order chi connectivity index (χ1) is 8.86. The van der Waals surface area contributed by atoms with Crippen LogP contribution in [-0.4, -0.2) is 20.1 Å². The molecule has 0 aromatic rings. The molecule has 0 amide bonds. The summed E-state index contributed by atoms with van der Waals surface area (Å²) < 4.78 is 0. The molecule has 2 unspecified atom stereocenters. The van der Waals surface area contributed by atoms with Crippen molar-refractivity contribution in [3.8, 4) is 0 Å². The summed E-state index contributed by atoms with van der Waals surface area (Å²) in [5, 5.41) is 3.37. The number of rotatable bonds is 3. The maximum atomic E-state index is 5.95. The van der Waals surface area contributed by atoms with Crippen LogP contribution in [0.25, 0.3) is 0 Å². The van der Waals surface area contributed by atoms with Crippen LogP contribution in [0.2, 0.25) is 0 Å². The molecule has 3 N–H and O–H groups in total. The van der Waals surface area contributed by atoms with E-state index in [1.807, 2.05) is 0 Å². The van der Waals surface area contributed by atoms with Crippen molar-refractivity contribution >= 4 is 0 Å². The molecule has 1 aliphatic carbocycles. The van der Waals surface area contributed by atoms with Crippen LogP contribution < -0.4 is 11.1 Å². The van der Waals surface area contributed by atoms with Crippen LogP contribution in [-0.2, 0) is 0 Å². The van der Waals surface area contributed by atoms with Crippen molar-refractivity contribution in [3.05, 3.63) is 0 Å². The predicted octanol–water partition coefficient (Wildman–Crippen LogP) is 3.70. The molecular weight excluding hydrogens is 220 g/mol. The van der Waals surface area contributed by atoms with Crippen LogP contribution in [0.5, 0.6) is 0 Å². The highest BCUT2D eigenvalue weighted by Crippen LogP contribution is 2.24. The highest BCUT2D eigenvalue weighted by Gasteiger charge is 2.15. The minimum absolute atomic E-state index is 0.768. The molecule has 0 aromatic carbocycles. The van der Waals surface area contributed by atoms with Crippen LogP contribution >= 0.6 is 0 Å². The highest BCUT2D eigenvalue weighted by atomic mass is 14.8. The van der Waals surface area contributed by atoms with Crippen LogP contribution in [0, 0.1) is 11.8 Å². The van der Waals surface area contributed by atoms with Crippen LogP contribution in [0.15, 0.2) is 0 Å². The fraction of sp³-hybridized carbons (Fsp3) is 1.00. The third-order valence-corrected chi connectivity index (χ3v) is 4.47. The van der Waals surface area contributed by atoms with Crippen molar-refractivity contribution in [3.63, 3.8) is 0 Å². The lowest BCUT2D eigenvalue weighted by atomic mass is 9.87. The zero-order chi connectivity index (χ0) is 13.1. The minimum atomic E-state index is 0.768. The summed E-state index contributed by atoms with van der Waals surface area (Å²) in [4.78, 5) is 0. The standard InChI is InChI=1S/C16H34N2/c1-18-14-16-11-9-7-5-3-2-4-6-8-10-15(12-16)13-17/h15-16,18H,2-14,17H2,1H3. The Balaban J connectivity index is 2.40.